The number of carbonyl (C=O) groups is 2. The zero-order valence-electron chi connectivity index (χ0n) is 10.1. The molecule has 0 spiro atoms. The van der Waals surface area contributed by atoms with Crippen molar-refractivity contribution < 1.29 is 19.1 Å². The molecule has 18 heavy (non-hydrogen) atoms. The molecule has 1 aromatic rings. The first-order valence-electron chi connectivity index (χ1n) is 5.41. The molecule has 1 aliphatic heterocycles. The van der Waals surface area contributed by atoms with Crippen molar-refractivity contribution in [1.29, 1.82) is 0 Å². The van der Waals surface area contributed by atoms with E-state index in [-0.39, 0.29) is 5.57 Å². The molecule has 1 aromatic carbocycles. The van der Waals surface area contributed by atoms with E-state index in [9.17, 15) is 9.59 Å². The Balaban J connectivity index is 2.30. The predicted octanol–water partition coefficient (Wildman–Crippen LogP) is 1.49. The van der Waals surface area contributed by atoms with Gasteiger partial charge in [0.05, 0.1) is 0 Å². The lowest BCUT2D eigenvalue weighted by Crippen LogP contribution is -2.41. The highest BCUT2D eigenvalue weighted by atomic mass is 16.7. The number of hydrogen-bond donors (Lipinski definition) is 1. The van der Waals surface area contributed by atoms with Gasteiger partial charge in [-0.2, -0.15) is 0 Å². The second kappa shape index (κ2) is 4.18. The summed E-state index contributed by atoms with van der Waals surface area (Å²) in [5.74, 6) is -2.59. The van der Waals surface area contributed by atoms with Crippen LogP contribution in [-0.4, -0.2) is 17.7 Å². The van der Waals surface area contributed by atoms with E-state index >= 15 is 0 Å². The van der Waals surface area contributed by atoms with Gasteiger partial charge in [0.1, 0.15) is 5.57 Å². The number of cyclic esters (lactones) is 2. The lowest BCUT2D eigenvalue weighted by molar-refractivity contribution is -0.222. The van der Waals surface area contributed by atoms with Crippen molar-refractivity contribution in [3.63, 3.8) is 0 Å². The molecule has 1 fully saturated rings. The quantitative estimate of drug-likeness (QED) is 0.352. The van der Waals surface area contributed by atoms with E-state index < -0.39 is 17.7 Å². The van der Waals surface area contributed by atoms with Crippen LogP contribution in [0.25, 0.3) is 6.08 Å². The molecule has 1 saturated heterocycles. The fraction of sp³-hybridized carbons (Fsp3) is 0.231. The van der Waals surface area contributed by atoms with Gasteiger partial charge in [-0.05, 0) is 23.8 Å². The summed E-state index contributed by atoms with van der Waals surface area (Å²) in [6.45, 7) is 3.01. The number of carbonyl (C=O) groups excluding carboxylic acids is 2. The van der Waals surface area contributed by atoms with Crippen molar-refractivity contribution in [1.82, 2.24) is 0 Å². The SMILES string of the molecule is CC1(C)OC(=O)C(=Cc2ccc(N)cc2)C(=O)O1. The number of nitrogen functional groups attached to an aromatic ring is 1. The average molecular weight is 247 g/mol. The van der Waals surface area contributed by atoms with Crippen molar-refractivity contribution in [2.75, 3.05) is 5.73 Å². The second-order valence-corrected chi connectivity index (χ2v) is 4.40. The van der Waals surface area contributed by atoms with Crippen molar-refractivity contribution in [3.8, 4) is 0 Å². The van der Waals surface area contributed by atoms with Gasteiger partial charge in [0, 0.05) is 19.5 Å². The van der Waals surface area contributed by atoms with E-state index in [2.05, 4.69) is 0 Å². The van der Waals surface area contributed by atoms with Crippen molar-refractivity contribution in [2.24, 2.45) is 0 Å². The van der Waals surface area contributed by atoms with Gasteiger partial charge in [-0.15, -0.1) is 0 Å². The molecule has 0 bridgehead atoms. The molecular formula is C13H13NO4. The molecule has 0 radical (unpaired) electrons. The van der Waals surface area contributed by atoms with Gasteiger partial charge in [-0.1, -0.05) is 12.1 Å². The number of hydrogen-bond acceptors (Lipinski definition) is 5. The number of esters is 2. The number of ether oxygens (including phenoxy) is 2. The average Bonchev–Trinajstić information content (AvgIpc) is 2.24. The van der Waals surface area contributed by atoms with E-state index in [1.165, 1.54) is 19.9 Å². The summed E-state index contributed by atoms with van der Waals surface area (Å²) in [6.07, 6.45) is 1.42. The smallest absolute Gasteiger partial charge is 0.348 e. The Morgan fingerprint density at radius 3 is 2.06 bits per heavy atom. The van der Waals surface area contributed by atoms with Crippen LogP contribution in [0, 0.1) is 0 Å². The molecule has 1 heterocycles. The van der Waals surface area contributed by atoms with Crippen LogP contribution in [0.2, 0.25) is 0 Å². The monoisotopic (exact) mass is 247 g/mol. The van der Waals surface area contributed by atoms with Crippen LogP contribution in [0.5, 0.6) is 0 Å². The Morgan fingerprint density at radius 2 is 1.56 bits per heavy atom. The van der Waals surface area contributed by atoms with Crippen LogP contribution in [0.4, 0.5) is 5.69 Å². The zero-order chi connectivity index (χ0) is 13.3. The molecule has 5 nitrogen and oxygen atoms in total. The highest BCUT2D eigenvalue weighted by molar-refractivity contribution is 6.18. The Hall–Kier alpha value is -2.30. The van der Waals surface area contributed by atoms with Crippen LogP contribution < -0.4 is 5.73 Å². The van der Waals surface area contributed by atoms with Crippen molar-refractivity contribution in [2.45, 2.75) is 19.6 Å². The number of rotatable bonds is 1. The van der Waals surface area contributed by atoms with E-state index in [1.54, 1.807) is 24.3 Å². The Morgan fingerprint density at radius 1 is 1.06 bits per heavy atom. The third-order valence-corrected chi connectivity index (χ3v) is 2.36. The summed E-state index contributed by atoms with van der Waals surface area (Å²) >= 11 is 0. The van der Waals surface area contributed by atoms with Gasteiger partial charge in [-0.3, -0.25) is 0 Å². The normalized spacial score (nSPS) is 18.0. The predicted molar refractivity (Wildman–Crippen MR) is 65.1 cm³/mol. The van der Waals surface area contributed by atoms with Gasteiger partial charge >= 0.3 is 11.9 Å². The fourth-order valence-corrected chi connectivity index (χ4v) is 1.54. The highest BCUT2D eigenvalue weighted by Gasteiger charge is 2.38. The van der Waals surface area contributed by atoms with Crippen LogP contribution >= 0.6 is 0 Å². The number of anilines is 1. The Labute approximate surface area is 104 Å². The summed E-state index contributed by atoms with van der Waals surface area (Å²) in [7, 11) is 0. The van der Waals surface area contributed by atoms with Gasteiger partial charge in [0.2, 0.25) is 0 Å². The molecule has 0 aromatic heterocycles. The van der Waals surface area contributed by atoms with E-state index in [4.69, 9.17) is 15.2 Å². The van der Waals surface area contributed by atoms with E-state index in [1.807, 2.05) is 0 Å². The van der Waals surface area contributed by atoms with Crippen LogP contribution in [0.15, 0.2) is 29.8 Å². The van der Waals surface area contributed by atoms with Gasteiger partial charge in [-0.25, -0.2) is 9.59 Å². The largest absolute Gasteiger partial charge is 0.419 e. The minimum Gasteiger partial charge on any atom is -0.419 e. The molecule has 2 rings (SSSR count). The maximum atomic E-state index is 11.7. The second-order valence-electron chi connectivity index (χ2n) is 4.40. The van der Waals surface area contributed by atoms with Crippen LogP contribution in [-0.2, 0) is 19.1 Å². The fourth-order valence-electron chi connectivity index (χ4n) is 1.54. The van der Waals surface area contributed by atoms with Gasteiger partial charge in [0.25, 0.3) is 5.79 Å². The summed E-state index contributed by atoms with van der Waals surface area (Å²) in [6, 6.07) is 6.75. The first-order valence-corrected chi connectivity index (χ1v) is 5.41. The lowest BCUT2D eigenvalue weighted by atomic mass is 10.1. The first kappa shape index (κ1) is 12.2. The van der Waals surface area contributed by atoms with Crippen molar-refractivity contribution >= 4 is 23.7 Å². The lowest BCUT2D eigenvalue weighted by Gasteiger charge is -2.29. The molecule has 0 aliphatic carbocycles. The van der Waals surface area contributed by atoms with E-state index in [0.717, 1.165) is 0 Å². The molecule has 1 aliphatic rings. The third-order valence-electron chi connectivity index (χ3n) is 2.36. The number of benzene rings is 1. The van der Waals surface area contributed by atoms with Gasteiger partial charge < -0.3 is 15.2 Å². The summed E-state index contributed by atoms with van der Waals surface area (Å²) in [5.41, 5.74) is 6.70. The summed E-state index contributed by atoms with van der Waals surface area (Å²) in [4.78, 5) is 23.4. The minimum atomic E-state index is -1.22. The molecule has 94 valence electrons. The van der Waals surface area contributed by atoms with E-state index in [0.29, 0.717) is 11.3 Å². The maximum Gasteiger partial charge on any atom is 0.348 e. The van der Waals surface area contributed by atoms with Crippen molar-refractivity contribution in [3.05, 3.63) is 35.4 Å². The minimum absolute atomic E-state index is 0.126. The maximum absolute atomic E-state index is 11.7. The van der Waals surface area contributed by atoms with Gasteiger partial charge in [0.15, 0.2) is 0 Å². The zero-order valence-corrected chi connectivity index (χ0v) is 10.1. The summed E-state index contributed by atoms with van der Waals surface area (Å²) in [5, 5.41) is 0. The highest BCUT2D eigenvalue weighted by Crippen LogP contribution is 2.24. The standard InChI is InChI=1S/C13H13NO4/c1-13(2)17-11(15)10(12(16)18-13)7-8-3-5-9(14)6-4-8/h3-7H,14H2,1-2H3. The molecule has 5 heteroatoms. The molecule has 0 atom stereocenters. The molecule has 0 amide bonds. The Kier molecular flexibility index (Phi) is 2.82. The third kappa shape index (κ3) is 2.51. The topological polar surface area (TPSA) is 78.6 Å². The molecule has 2 N–H and O–H groups in total. The van der Waals surface area contributed by atoms with Crippen LogP contribution in [0.3, 0.4) is 0 Å². The molecule has 0 saturated carbocycles. The molecular weight excluding hydrogens is 234 g/mol. The molecule has 0 unspecified atom stereocenters. The first-order chi connectivity index (χ1) is 8.37. The summed E-state index contributed by atoms with van der Waals surface area (Å²) < 4.78 is 9.96. The van der Waals surface area contributed by atoms with Crippen LogP contribution in [0.1, 0.15) is 19.4 Å². The number of nitrogens with two attached hydrogens (primary N) is 1. The Bertz CT molecular complexity index is 506.